The molecule has 0 aliphatic carbocycles. The normalized spacial score (nSPS) is 16.1. The van der Waals surface area contributed by atoms with Crippen LogP contribution in [0.5, 0.6) is 0 Å². The SMILES string of the molecule is C=CCCC(=O)NCCCOCCOC[C@@](COCCOCCCNC1OC1CCCl)(COCCOCCCOCCCNC(=O)CCCl)NC(=O)CCCl. The Kier molecular flexibility index (Phi) is 34.7. The minimum absolute atomic E-state index is 0.00745. The second-order valence-electron chi connectivity index (χ2n) is 12.8. The maximum Gasteiger partial charge on any atom is 0.221 e. The molecule has 2 unspecified atom stereocenters. The summed E-state index contributed by atoms with van der Waals surface area (Å²) in [5, 5.41) is 12.0. The van der Waals surface area contributed by atoms with Crippen LogP contribution in [0.15, 0.2) is 12.7 Å². The zero-order chi connectivity index (χ0) is 40.1. The van der Waals surface area contributed by atoms with Gasteiger partial charge in [-0.2, -0.15) is 0 Å². The highest BCUT2D eigenvalue weighted by Crippen LogP contribution is 2.22. The summed E-state index contributed by atoms with van der Waals surface area (Å²) in [7, 11) is 0. The Morgan fingerprint density at radius 1 is 0.582 bits per heavy atom. The van der Waals surface area contributed by atoms with E-state index in [1.807, 2.05) is 0 Å². The number of rotatable bonds is 42. The van der Waals surface area contributed by atoms with Gasteiger partial charge >= 0.3 is 0 Å². The average Bonchev–Trinajstić information content (AvgIpc) is 3.92. The van der Waals surface area contributed by atoms with E-state index in [-0.39, 0.29) is 68.8 Å². The number of amides is 3. The van der Waals surface area contributed by atoms with E-state index in [1.54, 1.807) is 6.08 Å². The summed E-state index contributed by atoms with van der Waals surface area (Å²) in [6.45, 7) is 10.4. The fourth-order valence-electron chi connectivity index (χ4n) is 4.87. The number of hydrogen-bond acceptors (Lipinski definition) is 12. The van der Waals surface area contributed by atoms with Crippen molar-refractivity contribution in [2.45, 2.75) is 75.7 Å². The molecular formula is C37H67Cl3N4O11. The number of nitrogens with one attached hydrogen (secondary N) is 4. The van der Waals surface area contributed by atoms with Crippen molar-refractivity contribution in [2.24, 2.45) is 0 Å². The monoisotopic (exact) mass is 848 g/mol. The molecular weight excluding hydrogens is 783 g/mol. The number of allylic oxidation sites excluding steroid dienone is 1. The third-order valence-corrected chi connectivity index (χ3v) is 8.41. The highest BCUT2D eigenvalue weighted by atomic mass is 35.5. The predicted octanol–water partition coefficient (Wildman–Crippen LogP) is 2.92. The topological polar surface area (TPSA) is 176 Å². The average molecular weight is 850 g/mol. The van der Waals surface area contributed by atoms with Crippen LogP contribution >= 0.6 is 34.8 Å². The first-order valence-electron chi connectivity index (χ1n) is 19.5. The first-order chi connectivity index (χ1) is 26.9. The van der Waals surface area contributed by atoms with Crippen molar-refractivity contribution in [1.82, 2.24) is 21.3 Å². The lowest BCUT2D eigenvalue weighted by molar-refractivity contribution is -0.128. The Morgan fingerprint density at radius 2 is 1.04 bits per heavy atom. The molecule has 322 valence electrons. The third-order valence-electron chi connectivity index (χ3n) is 7.81. The molecule has 0 radical (unpaired) electrons. The van der Waals surface area contributed by atoms with Crippen molar-refractivity contribution < 1.29 is 52.3 Å². The van der Waals surface area contributed by atoms with Crippen LogP contribution in [0, 0.1) is 0 Å². The molecule has 0 aromatic rings. The van der Waals surface area contributed by atoms with Gasteiger partial charge in [0.1, 0.15) is 17.9 Å². The predicted molar refractivity (Wildman–Crippen MR) is 213 cm³/mol. The number of halogens is 3. The molecule has 1 aliphatic rings. The smallest absolute Gasteiger partial charge is 0.221 e. The Labute approximate surface area is 343 Å². The van der Waals surface area contributed by atoms with Crippen molar-refractivity contribution in [1.29, 1.82) is 0 Å². The molecule has 18 heteroatoms. The van der Waals surface area contributed by atoms with Crippen LogP contribution in [0.25, 0.3) is 0 Å². The molecule has 0 saturated carbocycles. The van der Waals surface area contributed by atoms with Crippen LogP contribution in [0.1, 0.15) is 57.8 Å². The summed E-state index contributed by atoms with van der Waals surface area (Å²) >= 11 is 17.2. The maximum absolute atomic E-state index is 12.8. The number of ether oxygens (including phenoxy) is 8. The Morgan fingerprint density at radius 3 is 1.55 bits per heavy atom. The minimum Gasteiger partial charge on any atom is -0.381 e. The fraction of sp³-hybridized carbons (Fsp3) is 0.865. The molecule has 0 spiro atoms. The van der Waals surface area contributed by atoms with Crippen molar-refractivity contribution in [3.05, 3.63) is 12.7 Å². The number of epoxide rings is 1. The number of carbonyl (C=O) groups is 3. The van der Waals surface area contributed by atoms with E-state index >= 15 is 0 Å². The molecule has 1 rings (SSSR count). The van der Waals surface area contributed by atoms with Crippen LogP contribution in [0.4, 0.5) is 0 Å². The van der Waals surface area contributed by atoms with E-state index in [9.17, 15) is 14.4 Å². The van der Waals surface area contributed by atoms with E-state index in [2.05, 4.69) is 27.8 Å². The summed E-state index contributed by atoms with van der Waals surface area (Å²) in [4.78, 5) is 35.9. The minimum atomic E-state index is -0.996. The molecule has 3 atom stereocenters. The van der Waals surface area contributed by atoms with Crippen LogP contribution in [-0.4, -0.2) is 165 Å². The lowest BCUT2D eigenvalue weighted by Crippen LogP contribution is -2.59. The summed E-state index contributed by atoms with van der Waals surface area (Å²) in [6.07, 6.45) is 7.31. The van der Waals surface area contributed by atoms with Crippen LogP contribution in [0.2, 0.25) is 0 Å². The summed E-state index contributed by atoms with van der Waals surface area (Å²) < 4.78 is 46.2. The lowest BCUT2D eigenvalue weighted by atomic mass is 10.0. The van der Waals surface area contributed by atoms with Crippen molar-refractivity contribution in [2.75, 3.05) is 130 Å². The van der Waals surface area contributed by atoms with E-state index in [1.165, 1.54) is 0 Å². The van der Waals surface area contributed by atoms with Gasteiger partial charge in [0.15, 0.2) is 0 Å². The van der Waals surface area contributed by atoms with Gasteiger partial charge in [-0.05, 0) is 45.1 Å². The number of carbonyl (C=O) groups excluding carboxylic acids is 3. The molecule has 4 N–H and O–H groups in total. The van der Waals surface area contributed by atoms with Crippen molar-refractivity contribution in [3.63, 3.8) is 0 Å². The first-order valence-corrected chi connectivity index (χ1v) is 21.1. The van der Waals surface area contributed by atoms with Gasteiger partial charge < -0.3 is 53.8 Å². The highest BCUT2D eigenvalue weighted by Gasteiger charge is 2.37. The second kappa shape index (κ2) is 37.0. The van der Waals surface area contributed by atoms with E-state index in [0.29, 0.717) is 123 Å². The molecule has 1 aliphatic heterocycles. The number of alkyl halides is 3. The summed E-state index contributed by atoms with van der Waals surface area (Å²) in [6, 6.07) is 0. The number of hydrogen-bond donors (Lipinski definition) is 4. The second-order valence-corrected chi connectivity index (χ2v) is 13.9. The van der Waals surface area contributed by atoms with Gasteiger partial charge in [0.25, 0.3) is 0 Å². The van der Waals surface area contributed by atoms with E-state index in [0.717, 1.165) is 25.8 Å². The summed E-state index contributed by atoms with van der Waals surface area (Å²) in [5.74, 6) is 0.751. The molecule has 0 aromatic heterocycles. The Hall–Kier alpha value is -1.34. The molecule has 0 aromatic carbocycles. The van der Waals surface area contributed by atoms with Gasteiger partial charge in [-0.1, -0.05) is 6.08 Å². The van der Waals surface area contributed by atoms with Gasteiger partial charge in [-0.3, -0.25) is 19.7 Å². The van der Waals surface area contributed by atoms with Gasteiger partial charge in [0.05, 0.1) is 59.5 Å². The Bertz CT molecular complexity index is 979. The van der Waals surface area contributed by atoms with Gasteiger partial charge in [-0.15, -0.1) is 41.4 Å². The molecule has 3 amide bonds. The van der Waals surface area contributed by atoms with Crippen LogP contribution in [-0.2, 0) is 52.3 Å². The Balaban J connectivity index is 2.46. The molecule has 1 heterocycles. The molecule has 1 fully saturated rings. The highest BCUT2D eigenvalue weighted by molar-refractivity contribution is 6.19. The van der Waals surface area contributed by atoms with Crippen molar-refractivity contribution in [3.8, 4) is 0 Å². The van der Waals surface area contributed by atoms with Crippen LogP contribution < -0.4 is 21.3 Å². The standard InChI is InChI=1S/C37H67Cl3N4O11/c1-2-3-8-33(45)41-15-5-19-49-23-26-52-29-37(44-35(47)11-14-40,30-53-27-24-50-20-6-17-43-36-32(55-36)9-12-38)31-54-28-25-51-22-7-21-48-18-4-16-42-34(46)10-13-39/h2,32,36,43H,1,3-31H2,(H,41,45)(H,42,46)(H,44,47)/t32?,36?,37-/m1/s1. The van der Waals surface area contributed by atoms with E-state index in [4.69, 9.17) is 72.7 Å². The molecule has 55 heavy (non-hydrogen) atoms. The van der Waals surface area contributed by atoms with Crippen molar-refractivity contribution >= 4 is 52.5 Å². The lowest BCUT2D eigenvalue weighted by Gasteiger charge is -2.34. The zero-order valence-corrected chi connectivity index (χ0v) is 34.8. The third kappa shape index (κ3) is 31.3. The van der Waals surface area contributed by atoms with E-state index < -0.39 is 5.54 Å². The van der Waals surface area contributed by atoms with Gasteiger partial charge in [0, 0.05) is 83.0 Å². The zero-order valence-electron chi connectivity index (χ0n) is 32.6. The summed E-state index contributed by atoms with van der Waals surface area (Å²) in [5.41, 5.74) is -0.996. The largest absolute Gasteiger partial charge is 0.381 e. The quantitative estimate of drug-likeness (QED) is 0.0307. The maximum atomic E-state index is 12.8. The first kappa shape index (κ1) is 51.7. The van der Waals surface area contributed by atoms with Gasteiger partial charge in [-0.25, -0.2) is 0 Å². The van der Waals surface area contributed by atoms with Gasteiger partial charge in [0.2, 0.25) is 17.7 Å². The van der Waals surface area contributed by atoms with Crippen LogP contribution in [0.3, 0.4) is 0 Å². The molecule has 1 saturated heterocycles. The molecule has 15 nitrogen and oxygen atoms in total. The molecule has 0 bridgehead atoms. The fourth-order valence-corrected chi connectivity index (χ4v) is 5.43.